The molecule has 3 aromatic rings. The molecule has 0 amide bonds. The molecule has 10 N–H and O–H groups in total. The monoisotopic (exact) mass is 608 g/mol. The number of aliphatic hydroxyl groups excluding tert-OH is 6. The minimum absolute atomic E-state index is 0.0148. The van der Waals surface area contributed by atoms with E-state index in [9.17, 15) is 55.9 Å². The molecule has 0 spiro atoms. The maximum Gasteiger partial charge on any atom is 0.239 e. The summed E-state index contributed by atoms with van der Waals surface area (Å²) in [6.45, 7) is 1.17. The average Bonchev–Trinajstić information content (AvgIpc) is 2.96. The van der Waals surface area contributed by atoms with E-state index >= 15 is 0 Å². The predicted octanol–water partition coefficient (Wildman–Crippen LogP) is -1.02. The van der Waals surface area contributed by atoms with Gasteiger partial charge in [-0.15, -0.1) is 0 Å². The topological polar surface area (TPSA) is 260 Å². The van der Waals surface area contributed by atoms with Crippen LogP contribution in [0.25, 0.3) is 22.3 Å². The van der Waals surface area contributed by atoms with E-state index in [0.29, 0.717) is 0 Å². The molecule has 234 valence electrons. The van der Waals surface area contributed by atoms with Gasteiger partial charge < -0.3 is 69.7 Å². The van der Waals surface area contributed by atoms with Crippen molar-refractivity contribution in [3.8, 4) is 40.1 Å². The van der Waals surface area contributed by atoms with Crippen LogP contribution in [0.15, 0.2) is 39.5 Å². The summed E-state index contributed by atoms with van der Waals surface area (Å²) in [6.07, 6.45) is -13.7. The van der Waals surface area contributed by atoms with E-state index < -0.39 is 107 Å². The molecular formula is C28H32O15. The standard InChI is InChI=1S/C28H32O15/c1-9-4-16(20(34)23(37)19(9)33)40-8-17-21(35)24(38)25(39)28(42-17)43-27-22(36)18-14(32)6-11(29)7-15(18)41-26(27)10-2-3-12(30)13(31)5-10/h2-3,5-7,9,16-17,19-21,23-25,28-35,37-39H,4,8H2,1H3/t9-,16+,17+,19-,20-,21+,23+,24-,25-,28-/m1/s1. The van der Waals surface area contributed by atoms with Crippen molar-refractivity contribution in [3.05, 3.63) is 40.6 Å². The molecule has 0 radical (unpaired) electrons. The Morgan fingerprint density at radius 1 is 0.814 bits per heavy atom. The van der Waals surface area contributed by atoms with Gasteiger partial charge in [0.25, 0.3) is 0 Å². The minimum atomic E-state index is -1.94. The van der Waals surface area contributed by atoms with Crippen LogP contribution >= 0.6 is 0 Å². The highest BCUT2D eigenvalue weighted by atomic mass is 16.7. The maximum absolute atomic E-state index is 13.6. The molecule has 0 bridgehead atoms. The van der Waals surface area contributed by atoms with Gasteiger partial charge in [0.15, 0.2) is 17.3 Å². The second kappa shape index (κ2) is 11.8. The molecule has 43 heavy (non-hydrogen) atoms. The van der Waals surface area contributed by atoms with E-state index in [0.717, 1.165) is 24.3 Å². The molecule has 15 nitrogen and oxygen atoms in total. The highest BCUT2D eigenvalue weighted by molar-refractivity contribution is 5.88. The minimum Gasteiger partial charge on any atom is -0.508 e. The zero-order chi connectivity index (χ0) is 31.3. The van der Waals surface area contributed by atoms with Crippen molar-refractivity contribution < 1.29 is 69.7 Å². The molecule has 1 aliphatic heterocycles. The highest BCUT2D eigenvalue weighted by Gasteiger charge is 2.47. The Kier molecular flexibility index (Phi) is 8.43. The predicted molar refractivity (Wildman–Crippen MR) is 143 cm³/mol. The van der Waals surface area contributed by atoms with Crippen LogP contribution in [0.1, 0.15) is 13.3 Å². The second-order valence-electron chi connectivity index (χ2n) is 10.8. The first-order chi connectivity index (χ1) is 20.3. The number of hydrogen-bond acceptors (Lipinski definition) is 15. The fourth-order valence-corrected chi connectivity index (χ4v) is 5.29. The zero-order valence-corrected chi connectivity index (χ0v) is 22.6. The second-order valence-corrected chi connectivity index (χ2v) is 10.8. The number of ether oxygens (including phenoxy) is 3. The molecular weight excluding hydrogens is 576 g/mol. The van der Waals surface area contributed by atoms with E-state index in [1.54, 1.807) is 6.92 Å². The van der Waals surface area contributed by atoms with Crippen LogP contribution in [0.3, 0.4) is 0 Å². The van der Waals surface area contributed by atoms with Crippen molar-refractivity contribution in [2.24, 2.45) is 5.92 Å². The zero-order valence-electron chi connectivity index (χ0n) is 22.6. The van der Waals surface area contributed by atoms with Gasteiger partial charge in [-0.25, -0.2) is 0 Å². The fraction of sp³-hybridized carbons (Fsp3) is 0.464. The van der Waals surface area contributed by atoms with Crippen molar-refractivity contribution in [2.75, 3.05) is 6.61 Å². The molecule has 1 aliphatic carbocycles. The molecule has 15 heteroatoms. The Morgan fingerprint density at radius 3 is 2.21 bits per heavy atom. The lowest BCUT2D eigenvalue weighted by atomic mass is 9.82. The van der Waals surface area contributed by atoms with Gasteiger partial charge in [-0.05, 0) is 30.5 Å². The van der Waals surface area contributed by atoms with Gasteiger partial charge >= 0.3 is 0 Å². The molecule has 2 fully saturated rings. The van der Waals surface area contributed by atoms with Gasteiger partial charge in [-0.1, -0.05) is 6.92 Å². The molecule has 2 aromatic carbocycles. The van der Waals surface area contributed by atoms with E-state index in [2.05, 4.69) is 0 Å². The number of phenols is 4. The van der Waals surface area contributed by atoms with E-state index in [1.807, 2.05) is 0 Å². The number of aromatic hydroxyl groups is 4. The van der Waals surface area contributed by atoms with Gasteiger partial charge in [0.1, 0.15) is 59.1 Å². The van der Waals surface area contributed by atoms with Gasteiger partial charge in [-0.3, -0.25) is 4.79 Å². The lowest BCUT2D eigenvalue weighted by Crippen LogP contribution is -2.61. The maximum atomic E-state index is 13.6. The number of aliphatic hydroxyl groups is 6. The molecule has 0 unspecified atom stereocenters. The van der Waals surface area contributed by atoms with Crippen LogP contribution in [0.4, 0.5) is 0 Å². The summed E-state index contributed by atoms with van der Waals surface area (Å²) < 4.78 is 22.8. The van der Waals surface area contributed by atoms with Crippen LogP contribution in [0.2, 0.25) is 0 Å². The quantitative estimate of drug-likeness (QED) is 0.150. The normalized spacial score (nSPS) is 33.0. The van der Waals surface area contributed by atoms with Gasteiger partial charge in [0.05, 0.1) is 18.8 Å². The molecule has 1 aromatic heterocycles. The first-order valence-electron chi connectivity index (χ1n) is 13.4. The summed E-state index contributed by atoms with van der Waals surface area (Å²) in [6, 6.07) is 5.30. The van der Waals surface area contributed by atoms with Crippen LogP contribution in [-0.4, -0.2) is 113 Å². The van der Waals surface area contributed by atoms with Crippen LogP contribution in [0.5, 0.6) is 28.7 Å². The summed E-state index contributed by atoms with van der Waals surface area (Å²) in [7, 11) is 0. The number of fused-ring (bicyclic) bond motifs is 1. The first kappa shape index (κ1) is 30.8. The number of benzene rings is 2. The Labute approximate surface area is 242 Å². The van der Waals surface area contributed by atoms with Crippen molar-refractivity contribution in [2.45, 2.75) is 68.5 Å². The molecule has 10 atom stereocenters. The molecule has 1 saturated heterocycles. The van der Waals surface area contributed by atoms with E-state index in [-0.39, 0.29) is 23.3 Å². The summed E-state index contributed by atoms with van der Waals surface area (Å²) in [5.74, 6) is -3.68. The summed E-state index contributed by atoms with van der Waals surface area (Å²) in [5, 5.41) is 102. The van der Waals surface area contributed by atoms with Gasteiger partial charge in [-0.2, -0.15) is 0 Å². The third-order valence-electron chi connectivity index (χ3n) is 7.80. The van der Waals surface area contributed by atoms with Crippen molar-refractivity contribution in [3.63, 3.8) is 0 Å². The Hall–Kier alpha value is -3.67. The molecule has 2 heterocycles. The number of phenolic OH excluding ortho intramolecular Hbond substituents is 4. The summed E-state index contributed by atoms with van der Waals surface area (Å²) >= 11 is 0. The van der Waals surface area contributed by atoms with Crippen LogP contribution in [-0.2, 0) is 9.47 Å². The van der Waals surface area contributed by atoms with Crippen LogP contribution in [0, 0.1) is 5.92 Å². The van der Waals surface area contributed by atoms with Crippen molar-refractivity contribution in [1.29, 1.82) is 0 Å². The Bertz CT molecular complexity index is 1540. The van der Waals surface area contributed by atoms with Crippen LogP contribution < -0.4 is 10.2 Å². The first-order valence-corrected chi connectivity index (χ1v) is 13.4. The van der Waals surface area contributed by atoms with E-state index in [1.165, 1.54) is 6.07 Å². The fourth-order valence-electron chi connectivity index (χ4n) is 5.29. The average molecular weight is 609 g/mol. The third-order valence-corrected chi connectivity index (χ3v) is 7.80. The lowest BCUT2D eigenvalue weighted by molar-refractivity contribution is -0.285. The van der Waals surface area contributed by atoms with E-state index in [4.69, 9.17) is 18.6 Å². The Morgan fingerprint density at radius 2 is 1.51 bits per heavy atom. The van der Waals surface area contributed by atoms with Gasteiger partial charge in [0, 0.05) is 17.7 Å². The smallest absolute Gasteiger partial charge is 0.239 e. The Balaban J connectivity index is 1.48. The largest absolute Gasteiger partial charge is 0.508 e. The molecule has 5 rings (SSSR count). The number of rotatable bonds is 6. The van der Waals surface area contributed by atoms with Crippen molar-refractivity contribution in [1.82, 2.24) is 0 Å². The molecule has 2 aliphatic rings. The third kappa shape index (κ3) is 5.69. The summed E-state index contributed by atoms with van der Waals surface area (Å²) in [4.78, 5) is 13.6. The number of hydrogen-bond donors (Lipinski definition) is 10. The van der Waals surface area contributed by atoms with Gasteiger partial charge in [0.2, 0.25) is 17.5 Å². The molecule has 1 saturated carbocycles. The lowest BCUT2D eigenvalue weighted by Gasteiger charge is -2.42. The SMILES string of the molecule is C[C@@H]1C[C@H](OC[C@@H]2O[C@H](Oc3c(-c4ccc(O)c(O)c4)oc4cc(O)cc(O)c4c3=O)[C@H](O)[C@H](O)[C@H]2O)[C@@H](O)[C@@H](O)[C@@H]1O. The highest BCUT2D eigenvalue weighted by Crippen LogP contribution is 2.39. The summed E-state index contributed by atoms with van der Waals surface area (Å²) in [5.41, 5.74) is -1.30. The van der Waals surface area contributed by atoms with Crippen molar-refractivity contribution >= 4 is 11.0 Å².